The molecule has 0 saturated heterocycles. The molecule has 0 saturated carbocycles. The van der Waals surface area contributed by atoms with E-state index in [2.05, 4.69) is 9.72 Å². The average molecular weight is 266 g/mol. The van der Waals surface area contributed by atoms with E-state index in [0.29, 0.717) is 0 Å². The highest BCUT2D eigenvalue weighted by Gasteiger charge is 2.20. The van der Waals surface area contributed by atoms with Crippen molar-refractivity contribution >= 4 is 25.7 Å². The summed E-state index contributed by atoms with van der Waals surface area (Å²) in [5.41, 5.74) is -0.0254. The molecule has 0 N–H and O–H groups in total. The molecular formula is C8H8ClNO5S. The highest BCUT2D eigenvalue weighted by atomic mass is 35.7. The van der Waals surface area contributed by atoms with Crippen molar-refractivity contribution in [2.45, 2.75) is 4.90 Å². The van der Waals surface area contributed by atoms with E-state index in [1.807, 2.05) is 0 Å². The van der Waals surface area contributed by atoms with E-state index in [-0.39, 0.29) is 16.3 Å². The Hall–Kier alpha value is -1.34. The number of aromatic nitrogens is 1. The van der Waals surface area contributed by atoms with E-state index in [0.717, 1.165) is 12.3 Å². The SMILES string of the molecule is COC(=O)c1cnc(OC)c(S(=O)(=O)Cl)c1. The number of methoxy groups -OCH3 is 2. The van der Waals surface area contributed by atoms with Gasteiger partial charge in [-0.2, -0.15) is 0 Å². The quantitative estimate of drug-likeness (QED) is 0.594. The third-order valence-corrected chi connectivity index (χ3v) is 3.01. The Kier molecular flexibility index (Phi) is 3.71. The Labute approximate surface area is 96.6 Å². The van der Waals surface area contributed by atoms with Crippen LogP contribution in [-0.4, -0.2) is 33.6 Å². The maximum atomic E-state index is 11.2. The van der Waals surface area contributed by atoms with Crippen molar-refractivity contribution in [2.24, 2.45) is 0 Å². The lowest BCUT2D eigenvalue weighted by Crippen LogP contribution is -2.06. The van der Waals surface area contributed by atoms with Crippen LogP contribution in [0, 0.1) is 0 Å². The first-order valence-electron chi connectivity index (χ1n) is 3.97. The highest BCUT2D eigenvalue weighted by Crippen LogP contribution is 2.25. The molecule has 0 aromatic carbocycles. The molecule has 6 nitrogen and oxygen atoms in total. The van der Waals surface area contributed by atoms with Crippen LogP contribution < -0.4 is 4.74 Å². The fraction of sp³-hybridized carbons (Fsp3) is 0.250. The van der Waals surface area contributed by atoms with Gasteiger partial charge in [0, 0.05) is 16.9 Å². The normalized spacial score (nSPS) is 10.9. The lowest BCUT2D eigenvalue weighted by Gasteiger charge is -2.05. The van der Waals surface area contributed by atoms with Crippen LogP contribution in [-0.2, 0) is 13.8 Å². The van der Waals surface area contributed by atoms with Gasteiger partial charge in [-0.25, -0.2) is 18.2 Å². The molecule has 0 atom stereocenters. The molecule has 0 aliphatic heterocycles. The Bertz CT molecular complexity index is 513. The third-order valence-electron chi connectivity index (χ3n) is 1.70. The topological polar surface area (TPSA) is 82.6 Å². The van der Waals surface area contributed by atoms with Crippen molar-refractivity contribution in [3.05, 3.63) is 17.8 Å². The first-order chi connectivity index (χ1) is 7.40. The Morgan fingerprint density at radius 2 is 2.06 bits per heavy atom. The first kappa shape index (κ1) is 12.7. The highest BCUT2D eigenvalue weighted by molar-refractivity contribution is 8.13. The Balaban J connectivity index is 3.39. The fourth-order valence-electron chi connectivity index (χ4n) is 0.989. The Morgan fingerprint density at radius 1 is 1.44 bits per heavy atom. The summed E-state index contributed by atoms with van der Waals surface area (Å²) in [6, 6.07) is 1.04. The fourth-order valence-corrected chi connectivity index (χ4v) is 1.93. The van der Waals surface area contributed by atoms with Gasteiger partial charge in [0.05, 0.1) is 19.8 Å². The molecule has 0 spiro atoms. The molecule has 16 heavy (non-hydrogen) atoms. The lowest BCUT2D eigenvalue weighted by molar-refractivity contribution is 0.0600. The van der Waals surface area contributed by atoms with Gasteiger partial charge in [0.15, 0.2) is 0 Å². The number of carbonyl (C=O) groups is 1. The summed E-state index contributed by atoms with van der Waals surface area (Å²) >= 11 is 0. The van der Waals surface area contributed by atoms with Crippen molar-refractivity contribution in [2.75, 3.05) is 14.2 Å². The van der Waals surface area contributed by atoms with Crippen LogP contribution in [0.2, 0.25) is 0 Å². The molecule has 1 heterocycles. The van der Waals surface area contributed by atoms with Crippen LogP contribution in [0.1, 0.15) is 10.4 Å². The average Bonchev–Trinajstić information content (AvgIpc) is 2.26. The number of hydrogen-bond donors (Lipinski definition) is 0. The summed E-state index contributed by atoms with van der Waals surface area (Å²) in [5, 5.41) is 0. The number of esters is 1. The second kappa shape index (κ2) is 4.67. The predicted molar refractivity (Wildman–Crippen MR) is 55.2 cm³/mol. The van der Waals surface area contributed by atoms with Crippen molar-refractivity contribution in [1.29, 1.82) is 0 Å². The maximum absolute atomic E-state index is 11.2. The van der Waals surface area contributed by atoms with E-state index in [1.165, 1.54) is 14.2 Å². The van der Waals surface area contributed by atoms with Crippen molar-refractivity contribution < 1.29 is 22.7 Å². The minimum absolute atomic E-state index is 0.0254. The molecule has 1 aromatic heterocycles. The summed E-state index contributed by atoms with van der Waals surface area (Å²) in [6.45, 7) is 0. The van der Waals surface area contributed by atoms with Crippen LogP contribution in [0.3, 0.4) is 0 Å². The number of hydrogen-bond acceptors (Lipinski definition) is 6. The number of carbonyl (C=O) groups excluding carboxylic acids is 1. The number of pyridine rings is 1. The van der Waals surface area contributed by atoms with Crippen molar-refractivity contribution in [3.63, 3.8) is 0 Å². The smallest absolute Gasteiger partial charge is 0.339 e. The van der Waals surface area contributed by atoms with Crippen LogP contribution >= 0.6 is 10.7 Å². The van der Waals surface area contributed by atoms with E-state index in [4.69, 9.17) is 15.4 Å². The zero-order valence-corrected chi connectivity index (χ0v) is 10.0. The lowest BCUT2D eigenvalue weighted by atomic mass is 10.3. The standard InChI is InChI=1S/C8H8ClNO5S/c1-14-7-6(16(9,12)13)3-5(4-10-7)8(11)15-2/h3-4H,1-2H3. The first-order valence-corrected chi connectivity index (χ1v) is 6.28. The maximum Gasteiger partial charge on any atom is 0.339 e. The monoisotopic (exact) mass is 265 g/mol. The van der Waals surface area contributed by atoms with E-state index >= 15 is 0 Å². The number of ether oxygens (including phenoxy) is 2. The van der Waals surface area contributed by atoms with Gasteiger partial charge >= 0.3 is 5.97 Å². The number of halogens is 1. The Morgan fingerprint density at radius 3 is 2.50 bits per heavy atom. The van der Waals surface area contributed by atoms with Crippen LogP contribution in [0.15, 0.2) is 17.2 Å². The van der Waals surface area contributed by atoms with Crippen molar-refractivity contribution in [1.82, 2.24) is 4.98 Å². The molecule has 0 radical (unpaired) electrons. The van der Waals surface area contributed by atoms with Gasteiger partial charge in [-0.15, -0.1) is 0 Å². The predicted octanol–water partition coefficient (Wildman–Crippen LogP) is 0.804. The number of nitrogens with zero attached hydrogens (tertiary/aromatic N) is 1. The van der Waals surface area contributed by atoms with Gasteiger partial charge < -0.3 is 9.47 Å². The molecule has 0 amide bonds. The summed E-state index contributed by atoms with van der Waals surface area (Å²) < 4.78 is 31.5. The molecule has 0 fully saturated rings. The molecule has 0 aliphatic carbocycles. The van der Waals surface area contributed by atoms with Gasteiger partial charge in [0.1, 0.15) is 4.90 Å². The summed E-state index contributed by atoms with van der Waals surface area (Å²) in [6.07, 6.45) is 1.14. The van der Waals surface area contributed by atoms with Crippen molar-refractivity contribution in [3.8, 4) is 5.88 Å². The van der Waals surface area contributed by atoms with Gasteiger partial charge in [-0.3, -0.25) is 0 Å². The third kappa shape index (κ3) is 2.61. The number of rotatable bonds is 3. The second-order valence-electron chi connectivity index (χ2n) is 2.66. The molecule has 1 aromatic rings. The zero-order valence-electron chi connectivity index (χ0n) is 8.43. The molecule has 8 heteroatoms. The van der Waals surface area contributed by atoms with Gasteiger partial charge in [-0.05, 0) is 6.07 Å². The molecule has 0 unspecified atom stereocenters. The minimum Gasteiger partial charge on any atom is -0.480 e. The summed E-state index contributed by atoms with van der Waals surface area (Å²) in [4.78, 5) is 14.4. The van der Waals surface area contributed by atoms with Crippen LogP contribution in [0.4, 0.5) is 0 Å². The van der Waals surface area contributed by atoms with E-state index in [9.17, 15) is 13.2 Å². The van der Waals surface area contributed by atoms with E-state index in [1.54, 1.807) is 0 Å². The largest absolute Gasteiger partial charge is 0.480 e. The van der Waals surface area contributed by atoms with Crippen LogP contribution in [0.5, 0.6) is 5.88 Å². The second-order valence-corrected chi connectivity index (χ2v) is 5.20. The van der Waals surface area contributed by atoms with Gasteiger partial charge in [0.2, 0.25) is 5.88 Å². The van der Waals surface area contributed by atoms with Gasteiger partial charge in [0.25, 0.3) is 9.05 Å². The molecule has 1 rings (SSSR count). The molecule has 0 aliphatic rings. The molecular weight excluding hydrogens is 258 g/mol. The summed E-state index contributed by atoms with van der Waals surface area (Å²) in [7, 11) is 3.54. The molecule has 88 valence electrons. The summed E-state index contributed by atoms with van der Waals surface area (Å²) in [5.74, 6) is -0.889. The van der Waals surface area contributed by atoms with E-state index < -0.39 is 15.0 Å². The van der Waals surface area contributed by atoms with Gasteiger partial charge in [-0.1, -0.05) is 0 Å². The zero-order chi connectivity index (χ0) is 12.3. The molecule has 0 bridgehead atoms. The minimum atomic E-state index is -4.03. The van der Waals surface area contributed by atoms with Crippen LogP contribution in [0.25, 0.3) is 0 Å².